The quantitative estimate of drug-likeness (QED) is 0.824. The highest BCUT2D eigenvalue weighted by Gasteiger charge is 2.21. The molecule has 0 unspecified atom stereocenters. The SMILES string of the molecule is Cc1c(CNS(=O)(=O)c2cc(CO)sc2Br)cnn1C. The molecular weight excluding hydrogens is 366 g/mol. The van der Waals surface area contributed by atoms with Gasteiger partial charge in [-0.2, -0.15) is 5.10 Å². The van der Waals surface area contributed by atoms with E-state index in [-0.39, 0.29) is 18.0 Å². The van der Waals surface area contributed by atoms with Crippen LogP contribution in [0.3, 0.4) is 0 Å². The Balaban J connectivity index is 2.19. The van der Waals surface area contributed by atoms with E-state index in [1.807, 2.05) is 6.92 Å². The van der Waals surface area contributed by atoms with Gasteiger partial charge in [0.25, 0.3) is 0 Å². The van der Waals surface area contributed by atoms with E-state index in [9.17, 15) is 8.42 Å². The molecule has 6 nitrogen and oxygen atoms in total. The molecule has 0 amide bonds. The zero-order valence-electron chi connectivity index (χ0n) is 10.9. The van der Waals surface area contributed by atoms with Gasteiger partial charge in [-0.15, -0.1) is 11.3 Å². The van der Waals surface area contributed by atoms with E-state index in [0.717, 1.165) is 11.3 Å². The Morgan fingerprint density at radius 2 is 2.25 bits per heavy atom. The second kappa shape index (κ2) is 5.94. The van der Waals surface area contributed by atoms with Crippen molar-refractivity contribution in [1.29, 1.82) is 0 Å². The van der Waals surface area contributed by atoms with Gasteiger partial charge in [0.1, 0.15) is 4.90 Å². The largest absolute Gasteiger partial charge is 0.391 e. The highest BCUT2D eigenvalue weighted by molar-refractivity contribution is 9.11. The Bertz CT molecular complexity index is 721. The monoisotopic (exact) mass is 379 g/mol. The molecule has 2 aromatic heterocycles. The zero-order chi connectivity index (χ0) is 14.9. The summed E-state index contributed by atoms with van der Waals surface area (Å²) >= 11 is 4.41. The number of aromatic nitrogens is 2. The lowest BCUT2D eigenvalue weighted by molar-refractivity contribution is 0.285. The molecule has 0 aliphatic rings. The molecule has 0 saturated carbocycles. The van der Waals surface area contributed by atoms with Gasteiger partial charge in [0.2, 0.25) is 10.0 Å². The molecule has 2 N–H and O–H groups in total. The first kappa shape index (κ1) is 15.6. The van der Waals surface area contributed by atoms with Crippen LogP contribution in [0.15, 0.2) is 20.9 Å². The summed E-state index contributed by atoms with van der Waals surface area (Å²) in [6.07, 6.45) is 1.64. The van der Waals surface area contributed by atoms with Crippen LogP contribution in [0.1, 0.15) is 16.1 Å². The minimum atomic E-state index is -3.62. The van der Waals surface area contributed by atoms with Crippen molar-refractivity contribution in [3.05, 3.63) is 32.2 Å². The van der Waals surface area contributed by atoms with Gasteiger partial charge in [0, 0.05) is 29.7 Å². The second-order valence-corrected chi connectivity index (χ2v) is 8.40. The van der Waals surface area contributed by atoms with Crippen LogP contribution in [-0.2, 0) is 30.2 Å². The number of sulfonamides is 1. The molecule has 2 heterocycles. The van der Waals surface area contributed by atoms with E-state index in [2.05, 4.69) is 25.8 Å². The molecule has 0 spiro atoms. The van der Waals surface area contributed by atoms with Crippen LogP contribution in [0, 0.1) is 6.92 Å². The number of aliphatic hydroxyl groups is 1. The van der Waals surface area contributed by atoms with Crippen LogP contribution in [0.25, 0.3) is 0 Å². The number of halogens is 1. The molecular formula is C11H14BrN3O3S2. The summed E-state index contributed by atoms with van der Waals surface area (Å²) in [5.41, 5.74) is 1.73. The second-order valence-electron chi connectivity index (χ2n) is 4.21. The Morgan fingerprint density at radius 1 is 1.55 bits per heavy atom. The Kier molecular flexibility index (Phi) is 4.65. The molecule has 0 bridgehead atoms. The van der Waals surface area contributed by atoms with E-state index in [4.69, 9.17) is 5.11 Å². The number of aryl methyl sites for hydroxylation is 1. The summed E-state index contributed by atoms with van der Waals surface area (Å²) in [5, 5.41) is 13.1. The van der Waals surface area contributed by atoms with Gasteiger partial charge >= 0.3 is 0 Å². The summed E-state index contributed by atoms with van der Waals surface area (Å²) in [6.45, 7) is 1.88. The van der Waals surface area contributed by atoms with Gasteiger partial charge < -0.3 is 5.11 Å². The van der Waals surface area contributed by atoms with Crippen molar-refractivity contribution < 1.29 is 13.5 Å². The number of thiophene rings is 1. The number of rotatable bonds is 5. The molecule has 2 rings (SSSR count). The molecule has 0 aliphatic heterocycles. The van der Waals surface area contributed by atoms with E-state index in [1.165, 1.54) is 17.4 Å². The van der Waals surface area contributed by atoms with Gasteiger partial charge in [-0.1, -0.05) is 0 Å². The summed E-state index contributed by atoms with van der Waals surface area (Å²) in [4.78, 5) is 0.739. The normalized spacial score (nSPS) is 12.0. The maximum atomic E-state index is 12.2. The van der Waals surface area contributed by atoms with E-state index < -0.39 is 10.0 Å². The smallest absolute Gasteiger partial charge is 0.242 e. The topological polar surface area (TPSA) is 84.2 Å². The van der Waals surface area contributed by atoms with Crippen molar-refractivity contribution in [2.24, 2.45) is 7.05 Å². The molecule has 0 saturated heterocycles. The molecule has 9 heteroatoms. The Hall–Kier alpha value is -0.740. The van der Waals surface area contributed by atoms with Crippen LogP contribution in [0.5, 0.6) is 0 Å². The highest BCUT2D eigenvalue weighted by atomic mass is 79.9. The standard InChI is InChI=1S/C11H14BrN3O3S2/c1-7-8(4-13-15(7)2)5-14-20(17,18)10-3-9(6-16)19-11(10)12/h3-4,14,16H,5-6H2,1-2H3. The molecule has 110 valence electrons. The summed E-state index contributed by atoms with van der Waals surface area (Å²) in [5.74, 6) is 0. The summed E-state index contributed by atoms with van der Waals surface area (Å²) < 4.78 is 29.2. The molecule has 0 aliphatic carbocycles. The first-order valence-electron chi connectivity index (χ1n) is 5.71. The Morgan fingerprint density at radius 3 is 2.75 bits per heavy atom. The fourth-order valence-electron chi connectivity index (χ4n) is 1.63. The van der Waals surface area contributed by atoms with Gasteiger partial charge in [-0.25, -0.2) is 13.1 Å². The first-order valence-corrected chi connectivity index (χ1v) is 8.80. The van der Waals surface area contributed by atoms with E-state index in [1.54, 1.807) is 17.9 Å². The molecule has 0 radical (unpaired) electrons. The Labute approximate surface area is 129 Å². The molecule has 0 atom stereocenters. The number of aliphatic hydroxyl groups excluding tert-OH is 1. The van der Waals surface area contributed by atoms with Crippen molar-refractivity contribution in [1.82, 2.24) is 14.5 Å². The van der Waals surface area contributed by atoms with Crippen molar-refractivity contribution >= 4 is 37.3 Å². The first-order chi connectivity index (χ1) is 9.35. The van der Waals surface area contributed by atoms with Gasteiger partial charge in [-0.05, 0) is 28.9 Å². The highest BCUT2D eigenvalue weighted by Crippen LogP contribution is 2.31. The third-order valence-corrected chi connectivity index (χ3v) is 6.58. The number of hydrogen-bond acceptors (Lipinski definition) is 5. The molecule has 20 heavy (non-hydrogen) atoms. The molecule has 0 fully saturated rings. The van der Waals surface area contributed by atoms with E-state index in [0.29, 0.717) is 8.66 Å². The fraction of sp³-hybridized carbons (Fsp3) is 0.364. The lowest BCUT2D eigenvalue weighted by Crippen LogP contribution is -2.23. The molecule has 2 aromatic rings. The van der Waals surface area contributed by atoms with Crippen LogP contribution < -0.4 is 4.72 Å². The lowest BCUT2D eigenvalue weighted by atomic mass is 10.3. The van der Waals surface area contributed by atoms with Crippen LogP contribution in [0.2, 0.25) is 0 Å². The number of hydrogen-bond donors (Lipinski definition) is 2. The minimum Gasteiger partial charge on any atom is -0.391 e. The number of nitrogens with zero attached hydrogens (tertiary/aromatic N) is 2. The van der Waals surface area contributed by atoms with Crippen LogP contribution in [0.4, 0.5) is 0 Å². The fourth-order valence-corrected chi connectivity index (χ4v) is 5.17. The minimum absolute atomic E-state index is 0.146. The average molecular weight is 380 g/mol. The summed E-state index contributed by atoms with van der Waals surface area (Å²) in [6, 6.07) is 1.47. The van der Waals surface area contributed by atoms with E-state index >= 15 is 0 Å². The summed E-state index contributed by atoms with van der Waals surface area (Å²) in [7, 11) is -1.82. The molecule has 0 aromatic carbocycles. The number of nitrogens with one attached hydrogen (secondary N) is 1. The lowest BCUT2D eigenvalue weighted by Gasteiger charge is -2.05. The van der Waals surface area contributed by atoms with Crippen LogP contribution in [-0.4, -0.2) is 23.3 Å². The predicted molar refractivity (Wildman–Crippen MR) is 79.9 cm³/mol. The third kappa shape index (κ3) is 3.12. The van der Waals surface area contributed by atoms with Gasteiger partial charge in [0.05, 0.1) is 16.6 Å². The third-order valence-electron chi connectivity index (χ3n) is 2.94. The van der Waals surface area contributed by atoms with Gasteiger partial charge in [0.15, 0.2) is 0 Å². The van der Waals surface area contributed by atoms with Crippen molar-refractivity contribution in [2.45, 2.75) is 25.0 Å². The van der Waals surface area contributed by atoms with Crippen LogP contribution >= 0.6 is 27.3 Å². The van der Waals surface area contributed by atoms with Crippen molar-refractivity contribution in [3.8, 4) is 0 Å². The van der Waals surface area contributed by atoms with Gasteiger partial charge in [-0.3, -0.25) is 4.68 Å². The maximum Gasteiger partial charge on any atom is 0.242 e. The van der Waals surface area contributed by atoms with Crippen molar-refractivity contribution in [2.75, 3.05) is 0 Å². The average Bonchev–Trinajstić information content (AvgIpc) is 2.93. The maximum absolute atomic E-state index is 12.2. The van der Waals surface area contributed by atoms with Crippen molar-refractivity contribution in [3.63, 3.8) is 0 Å². The zero-order valence-corrected chi connectivity index (χ0v) is 14.1. The predicted octanol–water partition coefficient (Wildman–Crippen LogP) is 1.52.